The first-order valence-corrected chi connectivity index (χ1v) is 14.0. The summed E-state index contributed by atoms with van der Waals surface area (Å²) in [5.41, 5.74) is -9.07. The molecule has 4 saturated carbocycles. The van der Waals surface area contributed by atoms with E-state index < -0.39 is 63.3 Å². The van der Waals surface area contributed by atoms with Crippen molar-refractivity contribution in [2.24, 2.45) is 29.1 Å². The van der Waals surface area contributed by atoms with Gasteiger partial charge in [0.1, 0.15) is 28.5 Å². The van der Waals surface area contributed by atoms with Crippen molar-refractivity contribution in [2.75, 3.05) is 13.1 Å². The molecule has 204 valence electrons. The number of fused-ring (bicyclic) bond motifs is 5. The van der Waals surface area contributed by atoms with Crippen LogP contribution in [0, 0.1) is 29.1 Å². The number of piperidine rings is 2. The minimum absolute atomic E-state index is 0.0208. The maximum Gasteiger partial charge on any atom is 0.196 e. The Hall–Kier alpha value is -0.360. The van der Waals surface area contributed by atoms with Crippen LogP contribution in [0.25, 0.3) is 0 Å². The second-order valence-corrected chi connectivity index (χ2v) is 14.3. The Morgan fingerprint density at radius 2 is 1.47 bits per heavy atom. The molecule has 14 atom stereocenters. The van der Waals surface area contributed by atoms with Gasteiger partial charge in [0.05, 0.1) is 11.7 Å². The Bertz CT molecular complexity index is 995. The third-order valence-electron chi connectivity index (χ3n) is 13.1. The second kappa shape index (κ2) is 6.67. The number of aliphatic hydroxyl groups is 7. The molecule has 4 bridgehead atoms. The average molecular weight is 510 g/mol. The van der Waals surface area contributed by atoms with E-state index >= 15 is 0 Å². The molecule has 7 aliphatic rings. The van der Waals surface area contributed by atoms with Crippen LogP contribution in [0.3, 0.4) is 0 Å². The van der Waals surface area contributed by atoms with Crippen LogP contribution in [0.15, 0.2) is 0 Å². The van der Waals surface area contributed by atoms with Gasteiger partial charge >= 0.3 is 0 Å². The molecule has 3 heterocycles. The minimum Gasteiger partial charge on any atom is -0.390 e. The lowest BCUT2D eigenvalue weighted by atomic mass is 9.49. The van der Waals surface area contributed by atoms with E-state index in [-0.39, 0.29) is 31.3 Å². The zero-order chi connectivity index (χ0) is 25.9. The summed E-state index contributed by atoms with van der Waals surface area (Å²) < 4.78 is 6.52. The maximum absolute atomic E-state index is 12.7. The molecule has 7 N–H and O–H groups in total. The maximum atomic E-state index is 12.7. The highest BCUT2D eigenvalue weighted by Crippen LogP contribution is 2.78. The molecule has 7 rings (SSSR count). The Balaban J connectivity index is 1.39. The third-order valence-corrected chi connectivity index (χ3v) is 13.1. The topological polar surface area (TPSA) is 154 Å². The molecule has 0 aromatic carbocycles. The summed E-state index contributed by atoms with van der Waals surface area (Å²) in [5, 5.41) is 83.2. The van der Waals surface area contributed by atoms with Gasteiger partial charge in [0.25, 0.3) is 0 Å². The first-order valence-electron chi connectivity index (χ1n) is 14.0. The molecule has 0 aromatic heterocycles. The van der Waals surface area contributed by atoms with Gasteiger partial charge in [0, 0.05) is 55.1 Å². The van der Waals surface area contributed by atoms with E-state index in [1.54, 1.807) is 6.92 Å². The summed E-state index contributed by atoms with van der Waals surface area (Å²) in [6, 6.07) is -0.360. The first-order chi connectivity index (χ1) is 16.6. The van der Waals surface area contributed by atoms with Gasteiger partial charge in [-0.25, -0.2) is 0 Å². The van der Waals surface area contributed by atoms with Crippen molar-refractivity contribution in [3.8, 4) is 0 Å². The summed E-state index contributed by atoms with van der Waals surface area (Å²) in [4.78, 5) is 2.12. The van der Waals surface area contributed by atoms with E-state index in [1.807, 2.05) is 6.92 Å². The van der Waals surface area contributed by atoms with Gasteiger partial charge in [0.15, 0.2) is 5.79 Å². The lowest BCUT2D eigenvalue weighted by Crippen LogP contribution is -2.85. The molecule has 1 spiro atoms. The third kappa shape index (κ3) is 2.27. The monoisotopic (exact) mass is 509 g/mol. The normalized spacial score (nSPS) is 68.0. The second-order valence-electron chi connectivity index (χ2n) is 14.3. The van der Waals surface area contributed by atoms with Crippen LogP contribution in [-0.2, 0) is 4.74 Å². The van der Waals surface area contributed by atoms with Crippen LogP contribution >= 0.6 is 0 Å². The van der Waals surface area contributed by atoms with Gasteiger partial charge in [-0.1, -0.05) is 13.8 Å². The number of rotatable bonds is 0. The summed E-state index contributed by atoms with van der Waals surface area (Å²) in [7, 11) is 0. The van der Waals surface area contributed by atoms with Gasteiger partial charge in [-0.05, 0) is 51.4 Å². The van der Waals surface area contributed by atoms with Gasteiger partial charge in [-0.15, -0.1) is 0 Å². The van der Waals surface area contributed by atoms with Gasteiger partial charge in [0.2, 0.25) is 0 Å². The molecule has 3 saturated heterocycles. The number of aliphatic hydroxyl groups excluding tert-OH is 2. The lowest BCUT2D eigenvalue weighted by Gasteiger charge is -2.68. The Morgan fingerprint density at radius 3 is 2.19 bits per heavy atom. The number of hydrogen-bond acceptors (Lipinski definition) is 9. The van der Waals surface area contributed by atoms with E-state index in [0.29, 0.717) is 44.6 Å². The highest BCUT2D eigenvalue weighted by Gasteiger charge is 2.88. The average Bonchev–Trinajstić information content (AvgIpc) is 2.97. The lowest BCUT2D eigenvalue weighted by molar-refractivity contribution is -0.354. The van der Waals surface area contributed by atoms with Crippen LogP contribution in [-0.4, -0.2) is 106 Å². The smallest absolute Gasteiger partial charge is 0.196 e. The largest absolute Gasteiger partial charge is 0.390 e. The SMILES string of the molecule is C[C@@H]1CC[C@@H]2N(C1)C[C@H]1[C@@](O)([C@@H](O)C[C@@]3(O)[C@H]4CC[C@H]5[C@]6(O)O[C@@]4(C[C@@]13O)[C@@]5(C)CC[C@H]6O)[C@@]2(C)O. The fourth-order valence-corrected chi connectivity index (χ4v) is 11.3. The molecule has 0 radical (unpaired) electrons. The van der Waals surface area contributed by atoms with E-state index in [1.165, 1.54) is 0 Å². The fraction of sp³-hybridized carbons (Fsp3) is 1.00. The van der Waals surface area contributed by atoms with E-state index in [2.05, 4.69) is 11.8 Å². The summed E-state index contributed by atoms with van der Waals surface area (Å²) in [6.07, 6.45) is 0.752. The highest BCUT2D eigenvalue weighted by molar-refractivity contribution is 5.37. The van der Waals surface area contributed by atoms with Crippen molar-refractivity contribution in [1.82, 2.24) is 4.90 Å². The van der Waals surface area contributed by atoms with E-state index in [4.69, 9.17) is 4.74 Å². The van der Waals surface area contributed by atoms with E-state index in [9.17, 15) is 35.7 Å². The quantitative estimate of drug-likeness (QED) is 0.228. The Morgan fingerprint density at radius 1 is 0.778 bits per heavy atom. The highest BCUT2D eigenvalue weighted by atomic mass is 16.7. The fourth-order valence-electron chi connectivity index (χ4n) is 11.3. The molecule has 0 amide bonds. The minimum atomic E-state index is -2.02. The van der Waals surface area contributed by atoms with Crippen LogP contribution in [0.1, 0.15) is 72.1 Å². The number of ether oxygens (including phenoxy) is 1. The van der Waals surface area contributed by atoms with Crippen molar-refractivity contribution in [3.05, 3.63) is 0 Å². The van der Waals surface area contributed by atoms with Crippen LogP contribution in [0.4, 0.5) is 0 Å². The molecular formula is C27H43NO8. The summed E-state index contributed by atoms with van der Waals surface area (Å²) in [5.74, 6) is -3.30. The Labute approximate surface area is 212 Å². The molecule has 0 unspecified atom stereocenters. The van der Waals surface area contributed by atoms with Crippen molar-refractivity contribution < 1.29 is 40.5 Å². The molecule has 9 heteroatoms. The van der Waals surface area contributed by atoms with Gasteiger partial charge in [-0.2, -0.15) is 0 Å². The molecule has 7 fully saturated rings. The van der Waals surface area contributed by atoms with Gasteiger partial charge < -0.3 is 40.5 Å². The zero-order valence-corrected chi connectivity index (χ0v) is 21.6. The van der Waals surface area contributed by atoms with Crippen molar-refractivity contribution in [1.29, 1.82) is 0 Å². The molecule has 36 heavy (non-hydrogen) atoms. The molecule has 0 aromatic rings. The first kappa shape index (κ1) is 24.7. The predicted molar refractivity (Wildman–Crippen MR) is 126 cm³/mol. The van der Waals surface area contributed by atoms with Crippen LogP contribution < -0.4 is 0 Å². The molecular weight excluding hydrogens is 466 g/mol. The van der Waals surface area contributed by atoms with Crippen molar-refractivity contribution in [3.63, 3.8) is 0 Å². The standard InChI is InChI=1S/C27H43NO8/c1-14-4-7-18-22(3,31)26(34)17(12-28(18)11-14)24(33)13-25-16(23(24,32)10-20(26)30)6-5-15-21(25,2)9-8-19(29)27(15,35)36-25/h14-20,29-35H,4-13H2,1-3H3/t14-,15-,16-,17-,18+,19-,20+,21+,22+,23-,24-,25-,26-,27+/m1/s1. The summed E-state index contributed by atoms with van der Waals surface area (Å²) in [6.45, 7) is 6.70. The molecule has 3 aliphatic heterocycles. The zero-order valence-electron chi connectivity index (χ0n) is 21.6. The Kier molecular flexibility index (Phi) is 4.57. The van der Waals surface area contributed by atoms with Crippen molar-refractivity contribution >= 4 is 0 Å². The van der Waals surface area contributed by atoms with Crippen LogP contribution in [0.2, 0.25) is 0 Å². The number of nitrogens with zero attached hydrogens (tertiary/aromatic N) is 1. The van der Waals surface area contributed by atoms with E-state index in [0.717, 1.165) is 6.42 Å². The van der Waals surface area contributed by atoms with Gasteiger partial charge in [-0.3, -0.25) is 4.90 Å². The summed E-state index contributed by atoms with van der Waals surface area (Å²) >= 11 is 0. The van der Waals surface area contributed by atoms with Crippen molar-refractivity contribution in [2.45, 2.75) is 124 Å². The van der Waals surface area contributed by atoms with Crippen LogP contribution in [0.5, 0.6) is 0 Å². The predicted octanol–water partition coefficient (Wildman–Crippen LogP) is -0.526. The number of hydrogen-bond donors (Lipinski definition) is 7. The molecule has 9 nitrogen and oxygen atoms in total. The molecule has 4 aliphatic carbocycles.